The van der Waals surface area contributed by atoms with E-state index in [1.54, 1.807) is 23.7 Å². The average molecular weight is 184 g/mol. The van der Waals surface area contributed by atoms with Crippen molar-refractivity contribution in [3.05, 3.63) is 29.9 Å². The Morgan fingerprint density at radius 2 is 2.00 bits per heavy atom. The number of pyridine rings is 1. The molecule has 0 N–H and O–H groups in total. The van der Waals surface area contributed by atoms with Gasteiger partial charge in [-0.2, -0.15) is 0 Å². The molecule has 0 aliphatic heterocycles. The molecule has 2 rings (SSSR count). The van der Waals surface area contributed by atoms with Crippen LogP contribution >= 0.6 is 11.3 Å². The van der Waals surface area contributed by atoms with E-state index in [0.29, 0.717) is 0 Å². The van der Waals surface area contributed by atoms with Crippen LogP contribution in [0.2, 0.25) is 0 Å². The summed E-state index contributed by atoms with van der Waals surface area (Å²) in [5.74, 6) is 0. The summed E-state index contributed by atoms with van der Waals surface area (Å²) in [6, 6.07) is 3.96. The van der Waals surface area contributed by atoms with Crippen LogP contribution < -0.4 is 2.26 Å². The topological polar surface area (TPSA) is 25.8 Å². The molecule has 0 unspecified atom stereocenters. The summed E-state index contributed by atoms with van der Waals surface area (Å²) in [5.41, 5.74) is 2.23. The van der Waals surface area contributed by atoms with Gasteiger partial charge in [-0.05, 0) is 0 Å². The summed E-state index contributed by atoms with van der Waals surface area (Å²) < 4.78 is 1.24. The van der Waals surface area contributed by atoms with Crippen LogP contribution in [0.1, 0.15) is 0 Å². The molecule has 0 bridgehead atoms. The zero-order chi connectivity index (χ0) is 8.39. The van der Waals surface area contributed by atoms with Crippen LogP contribution in [0.5, 0.6) is 0 Å². The van der Waals surface area contributed by atoms with Gasteiger partial charge in [0.05, 0.1) is 0 Å². The molecule has 0 aromatic carbocycles. The SMILES string of the molecule is [Na][c]1nc(-c2ccncc2)cs1. The van der Waals surface area contributed by atoms with Crippen molar-refractivity contribution in [2.45, 2.75) is 0 Å². The second-order valence-corrected chi connectivity index (χ2v) is 5.22. The number of rotatable bonds is 1. The molecule has 0 atom stereocenters. The predicted molar refractivity (Wildman–Crippen MR) is 50.7 cm³/mol. The summed E-state index contributed by atoms with van der Waals surface area (Å²) in [5, 5.41) is 2.09. The van der Waals surface area contributed by atoms with E-state index in [0.717, 1.165) is 39.2 Å². The van der Waals surface area contributed by atoms with Gasteiger partial charge in [-0.15, -0.1) is 0 Å². The van der Waals surface area contributed by atoms with Gasteiger partial charge in [0.2, 0.25) is 0 Å². The molecule has 0 spiro atoms. The van der Waals surface area contributed by atoms with E-state index in [1.807, 2.05) is 12.1 Å². The second-order valence-electron chi connectivity index (χ2n) is 2.49. The average Bonchev–Trinajstić information content (AvgIpc) is 2.54. The van der Waals surface area contributed by atoms with E-state index in [1.165, 1.54) is 2.26 Å². The Morgan fingerprint density at radius 1 is 1.25 bits per heavy atom. The number of nitrogens with zero attached hydrogens (tertiary/aromatic N) is 2. The molecule has 2 aromatic rings. The van der Waals surface area contributed by atoms with E-state index in [4.69, 9.17) is 0 Å². The van der Waals surface area contributed by atoms with Gasteiger partial charge in [-0.3, -0.25) is 0 Å². The van der Waals surface area contributed by atoms with Crippen molar-refractivity contribution in [3.8, 4) is 11.3 Å². The van der Waals surface area contributed by atoms with E-state index in [9.17, 15) is 0 Å². The molecule has 0 radical (unpaired) electrons. The quantitative estimate of drug-likeness (QED) is 0.618. The molecule has 0 fully saturated rings. The number of hydrogen-bond donors (Lipinski definition) is 0. The molecule has 54 valence electrons. The maximum absolute atomic E-state index is 4.43. The van der Waals surface area contributed by atoms with Crippen molar-refractivity contribution in [2.24, 2.45) is 0 Å². The van der Waals surface area contributed by atoms with Crippen LogP contribution in [0, 0.1) is 0 Å². The van der Waals surface area contributed by atoms with Gasteiger partial charge in [0.25, 0.3) is 0 Å². The summed E-state index contributed by atoms with van der Waals surface area (Å²) in [4.78, 5) is 8.40. The summed E-state index contributed by atoms with van der Waals surface area (Å²) in [6.07, 6.45) is 3.59. The third kappa shape index (κ3) is 1.75. The van der Waals surface area contributed by atoms with Gasteiger partial charge in [0.1, 0.15) is 0 Å². The van der Waals surface area contributed by atoms with Crippen molar-refractivity contribution in [3.63, 3.8) is 0 Å². The van der Waals surface area contributed by atoms with Gasteiger partial charge < -0.3 is 0 Å². The molecule has 0 aliphatic carbocycles. The fourth-order valence-electron chi connectivity index (χ4n) is 1.02. The zero-order valence-electron chi connectivity index (χ0n) is 6.69. The Labute approximate surface area is 92.1 Å². The number of hydrogen-bond acceptors (Lipinski definition) is 3. The first-order valence-electron chi connectivity index (χ1n) is 3.69. The third-order valence-corrected chi connectivity index (χ3v) is 3.30. The molecule has 2 aromatic heterocycles. The van der Waals surface area contributed by atoms with Crippen LogP contribution in [0.4, 0.5) is 0 Å². The van der Waals surface area contributed by atoms with Crippen LogP contribution in [-0.4, -0.2) is 37.9 Å². The Kier molecular flexibility index (Phi) is 2.56. The monoisotopic (exact) mass is 184 g/mol. The Balaban J connectivity index is 2.45. The first kappa shape index (κ1) is 8.38. The first-order chi connectivity index (χ1) is 5.86. The van der Waals surface area contributed by atoms with Gasteiger partial charge in [-0.25, -0.2) is 0 Å². The van der Waals surface area contributed by atoms with Crippen LogP contribution in [0.3, 0.4) is 0 Å². The molecule has 0 saturated heterocycles. The fraction of sp³-hybridized carbons (Fsp3) is 0. The standard InChI is InChI=1S/C8H5N2S.Na/c1-3-9-4-2-7(1)8-5-11-6-10-8;/h1-5H;. The molecule has 0 saturated carbocycles. The van der Waals surface area contributed by atoms with E-state index >= 15 is 0 Å². The Bertz CT molecular complexity index is 372. The van der Waals surface area contributed by atoms with Crippen LogP contribution in [0.25, 0.3) is 11.3 Å². The van der Waals surface area contributed by atoms with Crippen LogP contribution in [-0.2, 0) is 0 Å². The zero-order valence-corrected chi connectivity index (χ0v) is 9.51. The molecule has 4 heteroatoms. The normalized spacial score (nSPS) is 10.2. The van der Waals surface area contributed by atoms with Crippen molar-refractivity contribution in [1.29, 1.82) is 0 Å². The van der Waals surface area contributed by atoms with E-state index in [2.05, 4.69) is 15.3 Å². The minimum absolute atomic E-state index is 1.04. The second kappa shape index (κ2) is 3.66. The van der Waals surface area contributed by atoms with Crippen molar-refractivity contribution < 1.29 is 0 Å². The first-order valence-corrected chi connectivity index (χ1v) is 5.57. The predicted octanol–water partition coefficient (Wildman–Crippen LogP) is 0.999. The number of thiazole rings is 1. The molecule has 2 heterocycles. The Hall–Kier alpha value is -0.220. The Morgan fingerprint density at radius 3 is 2.58 bits per heavy atom. The maximum atomic E-state index is 4.43. The van der Waals surface area contributed by atoms with Crippen molar-refractivity contribution in [2.75, 3.05) is 0 Å². The van der Waals surface area contributed by atoms with Crippen LogP contribution in [0.15, 0.2) is 29.9 Å². The molecule has 12 heavy (non-hydrogen) atoms. The fourth-order valence-corrected chi connectivity index (χ4v) is 2.24. The number of aromatic nitrogens is 2. The summed E-state index contributed by atoms with van der Waals surface area (Å²) in [7, 11) is 0. The van der Waals surface area contributed by atoms with E-state index in [-0.39, 0.29) is 0 Å². The van der Waals surface area contributed by atoms with E-state index < -0.39 is 0 Å². The van der Waals surface area contributed by atoms with Gasteiger partial charge in [0.15, 0.2) is 0 Å². The van der Waals surface area contributed by atoms with Gasteiger partial charge in [-0.1, -0.05) is 0 Å². The molecule has 2 nitrogen and oxygen atoms in total. The summed E-state index contributed by atoms with van der Waals surface area (Å²) >= 11 is 2.77. The van der Waals surface area contributed by atoms with Gasteiger partial charge >= 0.3 is 92.7 Å². The molecular formula is C8H5N2NaS. The van der Waals surface area contributed by atoms with Crippen molar-refractivity contribution >= 4 is 41.5 Å². The molecule has 0 amide bonds. The summed E-state index contributed by atoms with van der Waals surface area (Å²) in [6.45, 7) is 0. The van der Waals surface area contributed by atoms with Crippen molar-refractivity contribution in [1.82, 2.24) is 9.97 Å². The third-order valence-electron chi connectivity index (χ3n) is 1.60. The molecule has 0 aliphatic rings. The van der Waals surface area contributed by atoms with Gasteiger partial charge in [0, 0.05) is 0 Å². The molecular weight excluding hydrogens is 179 g/mol. The minimum atomic E-state index is 1.04.